The van der Waals surface area contributed by atoms with E-state index in [2.05, 4.69) is 16.4 Å². The molecule has 234 valence electrons. The highest BCUT2D eigenvalue weighted by atomic mass is 19.4. The number of hydrogen-bond acceptors (Lipinski definition) is 4. The van der Waals surface area contributed by atoms with E-state index >= 15 is 0 Å². The summed E-state index contributed by atoms with van der Waals surface area (Å²) in [6, 6.07) is 7.17. The molecule has 2 saturated heterocycles. The number of likely N-dealkylation sites (tertiary alicyclic amines) is 2. The summed E-state index contributed by atoms with van der Waals surface area (Å²) in [5.41, 5.74) is 4.11. The second-order valence-electron chi connectivity index (χ2n) is 11.8. The summed E-state index contributed by atoms with van der Waals surface area (Å²) < 4.78 is 37.7. The average Bonchev–Trinajstić information content (AvgIpc) is 3.19. The van der Waals surface area contributed by atoms with Crippen molar-refractivity contribution in [1.29, 1.82) is 0 Å². The standard InChI is InChI=1S/C32H37F3N6O3/c1-22(42)40-18-31(19-40)20-41(21-31)29(44)24-8-10-25(11-9-24)37-30(36-2)38-27-7-5-3-4-6-26(27)23-13-16-39(17-14-23)28(43)12-15-32(33,34)35/h3-4,6,8-11,13H,5,7,12,14-21H2,1-2H3,(H,36,37)/b38-27+. The van der Waals surface area contributed by atoms with Crippen molar-refractivity contribution in [3.8, 4) is 0 Å². The van der Waals surface area contributed by atoms with Gasteiger partial charge in [-0.2, -0.15) is 13.2 Å². The molecule has 3 heterocycles. The molecule has 0 aromatic heterocycles. The molecule has 44 heavy (non-hydrogen) atoms. The number of allylic oxidation sites excluding steroid dienone is 4. The van der Waals surface area contributed by atoms with Crippen molar-refractivity contribution in [1.82, 2.24) is 14.7 Å². The maximum atomic E-state index is 13.0. The molecule has 0 radical (unpaired) electrons. The zero-order valence-electron chi connectivity index (χ0n) is 25.0. The van der Waals surface area contributed by atoms with Gasteiger partial charge < -0.3 is 20.0 Å². The number of aliphatic imine (C=N–C) groups is 2. The number of amides is 3. The van der Waals surface area contributed by atoms with Crippen LogP contribution in [0.25, 0.3) is 0 Å². The molecule has 2 fully saturated rings. The SMILES string of the molecule is C/N=C(\N=C1/CCC=CC=C1C1=CCN(C(=O)CCC(F)(F)F)CC1)Nc1ccc(C(=O)N2CC3(CN(C(C)=O)C3)C2)cc1. The number of carbonyl (C=O) groups excluding carboxylic acids is 3. The van der Waals surface area contributed by atoms with E-state index in [0.717, 1.165) is 29.0 Å². The van der Waals surface area contributed by atoms with E-state index in [-0.39, 0.29) is 23.8 Å². The van der Waals surface area contributed by atoms with Gasteiger partial charge in [-0.25, -0.2) is 4.99 Å². The third-order valence-corrected chi connectivity index (χ3v) is 8.47. The summed E-state index contributed by atoms with van der Waals surface area (Å²) in [4.78, 5) is 51.0. The molecular formula is C32H37F3N6O3. The Morgan fingerprint density at radius 1 is 1.00 bits per heavy atom. The zero-order valence-corrected chi connectivity index (χ0v) is 25.0. The minimum Gasteiger partial charge on any atom is -0.341 e. The minimum absolute atomic E-state index is 0.0322. The van der Waals surface area contributed by atoms with Gasteiger partial charge in [0.1, 0.15) is 0 Å². The summed E-state index contributed by atoms with van der Waals surface area (Å²) in [7, 11) is 1.64. The number of benzene rings is 1. The smallest absolute Gasteiger partial charge is 0.341 e. The van der Waals surface area contributed by atoms with Crippen LogP contribution in [0.4, 0.5) is 18.9 Å². The first-order chi connectivity index (χ1) is 20.9. The zero-order chi connectivity index (χ0) is 31.5. The molecule has 5 rings (SSSR count). The van der Waals surface area contributed by atoms with Crippen LogP contribution in [-0.4, -0.2) is 96.6 Å². The Morgan fingerprint density at radius 3 is 2.32 bits per heavy atom. The number of carbonyl (C=O) groups is 3. The first kappa shape index (κ1) is 31.2. The fourth-order valence-corrected chi connectivity index (χ4v) is 6.03. The van der Waals surface area contributed by atoms with Crippen molar-refractivity contribution in [2.24, 2.45) is 15.4 Å². The predicted octanol–water partition coefficient (Wildman–Crippen LogP) is 4.61. The first-order valence-corrected chi connectivity index (χ1v) is 14.8. The number of halogens is 3. The highest BCUT2D eigenvalue weighted by Crippen LogP contribution is 2.40. The van der Waals surface area contributed by atoms with Crippen LogP contribution < -0.4 is 5.32 Å². The van der Waals surface area contributed by atoms with Crippen LogP contribution in [0, 0.1) is 5.41 Å². The maximum absolute atomic E-state index is 13.0. The number of nitrogens with one attached hydrogen (secondary N) is 1. The summed E-state index contributed by atoms with van der Waals surface area (Å²) >= 11 is 0. The van der Waals surface area contributed by atoms with Crippen molar-refractivity contribution in [2.75, 3.05) is 51.6 Å². The average molecular weight is 611 g/mol. The molecule has 0 unspecified atom stereocenters. The number of alkyl halides is 3. The van der Waals surface area contributed by atoms with Crippen LogP contribution in [0.2, 0.25) is 0 Å². The largest absolute Gasteiger partial charge is 0.389 e. The van der Waals surface area contributed by atoms with Gasteiger partial charge in [0.15, 0.2) is 0 Å². The molecule has 1 spiro atoms. The second kappa shape index (κ2) is 12.8. The van der Waals surface area contributed by atoms with Gasteiger partial charge in [0.05, 0.1) is 12.1 Å². The van der Waals surface area contributed by atoms with Crippen molar-refractivity contribution in [3.63, 3.8) is 0 Å². The van der Waals surface area contributed by atoms with E-state index in [9.17, 15) is 27.6 Å². The third kappa shape index (κ3) is 7.28. The summed E-state index contributed by atoms with van der Waals surface area (Å²) in [6.07, 6.45) is 3.86. The summed E-state index contributed by atoms with van der Waals surface area (Å²) in [5, 5.41) is 3.23. The topological polar surface area (TPSA) is 97.7 Å². The van der Waals surface area contributed by atoms with Crippen molar-refractivity contribution >= 4 is 35.1 Å². The molecule has 0 bridgehead atoms. The van der Waals surface area contributed by atoms with E-state index in [0.29, 0.717) is 57.1 Å². The lowest BCUT2D eigenvalue weighted by molar-refractivity contribution is -0.152. The van der Waals surface area contributed by atoms with Crippen LogP contribution >= 0.6 is 0 Å². The van der Waals surface area contributed by atoms with Gasteiger partial charge in [0, 0.05) is 76.3 Å². The normalized spacial score (nSPS) is 20.9. The van der Waals surface area contributed by atoms with E-state index in [1.54, 1.807) is 31.0 Å². The van der Waals surface area contributed by atoms with Crippen LogP contribution in [-0.2, 0) is 9.59 Å². The number of rotatable bonds is 5. The van der Waals surface area contributed by atoms with E-state index in [1.165, 1.54) is 4.90 Å². The van der Waals surface area contributed by atoms with E-state index in [1.807, 2.05) is 35.3 Å². The van der Waals surface area contributed by atoms with Crippen molar-refractivity contribution in [2.45, 2.75) is 45.2 Å². The minimum atomic E-state index is -4.35. The van der Waals surface area contributed by atoms with Crippen LogP contribution in [0.15, 0.2) is 69.7 Å². The number of nitrogens with zero attached hydrogens (tertiary/aromatic N) is 5. The number of guanidine groups is 1. The number of hydrogen-bond donors (Lipinski definition) is 1. The lowest BCUT2D eigenvalue weighted by atomic mass is 9.72. The lowest BCUT2D eigenvalue weighted by Crippen LogP contribution is -2.73. The molecular weight excluding hydrogens is 573 g/mol. The monoisotopic (exact) mass is 610 g/mol. The second-order valence-corrected chi connectivity index (χ2v) is 11.8. The van der Waals surface area contributed by atoms with Gasteiger partial charge in [-0.1, -0.05) is 24.3 Å². The number of anilines is 1. The molecule has 1 aliphatic carbocycles. The van der Waals surface area contributed by atoms with Gasteiger partial charge >= 0.3 is 6.18 Å². The molecule has 12 heteroatoms. The van der Waals surface area contributed by atoms with Gasteiger partial charge in [-0.05, 0) is 54.7 Å². The molecule has 3 amide bonds. The van der Waals surface area contributed by atoms with Gasteiger partial charge in [0.25, 0.3) is 5.91 Å². The van der Waals surface area contributed by atoms with Gasteiger partial charge in [-0.3, -0.25) is 19.4 Å². The van der Waals surface area contributed by atoms with E-state index in [4.69, 9.17) is 4.99 Å². The molecule has 1 aromatic rings. The maximum Gasteiger partial charge on any atom is 0.389 e. The Balaban J connectivity index is 1.19. The fraction of sp³-hybridized carbons (Fsp3) is 0.469. The van der Waals surface area contributed by atoms with Crippen LogP contribution in [0.3, 0.4) is 0 Å². The Morgan fingerprint density at radius 2 is 1.70 bits per heavy atom. The Bertz CT molecular complexity index is 1440. The van der Waals surface area contributed by atoms with Crippen molar-refractivity contribution in [3.05, 3.63) is 65.3 Å². The fourth-order valence-electron chi connectivity index (χ4n) is 6.03. The Labute approximate surface area is 254 Å². The highest BCUT2D eigenvalue weighted by Gasteiger charge is 2.53. The molecule has 9 nitrogen and oxygen atoms in total. The molecule has 1 aromatic carbocycles. The van der Waals surface area contributed by atoms with Gasteiger partial charge in [-0.15, -0.1) is 0 Å². The van der Waals surface area contributed by atoms with Crippen LogP contribution in [0.1, 0.15) is 49.4 Å². The lowest BCUT2D eigenvalue weighted by Gasteiger charge is -2.60. The Hall–Kier alpha value is -4.22. The molecule has 0 atom stereocenters. The van der Waals surface area contributed by atoms with Crippen LogP contribution in [0.5, 0.6) is 0 Å². The molecule has 4 aliphatic rings. The Kier molecular flexibility index (Phi) is 9.07. The predicted molar refractivity (Wildman–Crippen MR) is 162 cm³/mol. The highest BCUT2D eigenvalue weighted by molar-refractivity contribution is 6.12. The van der Waals surface area contributed by atoms with Crippen molar-refractivity contribution < 1.29 is 27.6 Å². The van der Waals surface area contributed by atoms with E-state index < -0.39 is 24.9 Å². The first-order valence-electron chi connectivity index (χ1n) is 14.8. The quantitative estimate of drug-likeness (QED) is 0.389. The molecule has 3 aliphatic heterocycles. The summed E-state index contributed by atoms with van der Waals surface area (Å²) in [5.74, 6) is -0.0538. The summed E-state index contributed by atoms with van der Waals surface area (Å²) in [6.45, 7) is 4.92. The third-order valence-electron chi connectivity index (χ3n) is 8.47. The molecule has 0 saturated carbocycles. The molecule has 1 N–H and O–H groups in total. The van der Waals surface area contributed by atoms with Gasteiger partial charge in [0.2, 0.25) is 17.8 Å².